The third-order valence-electron chi connectivity index (χ3n) is 4.41. The molecule has 30 heavy (non-hydrogen) atoms. The largest absolute Gasteiger partial charge is 0.325 e. The molecule has 0 fully saturated rings. The van der Waals surface area contributed by atoms with E-state index in [9.17, 15) is 9.59 Å². The van der Waals surface area contributed by atoms with Gasteiger partial charge in [-0.3, -0.25) is 19.3 Å². The number of amides is 1. The number of hydrogen-bond donors (Lipinski definition) is 2. The fourth-order valence-electron chi connectivity index (χ4n) is 2.85. The molecule has 152 valence electrons. The van der Waals surface area contributed by atoms with Gasteiger partial charge in [0, 0.05) is 15.2 Å². The van der Waals surface area contributed by atoms with Crippen LogP contribution < -0.4 is 10.9 Å². The van der Waals surface area contributed by atoms with Crippen LogP contribution in [0, 0.1) is 6.92 Å². The predicted molar refractivity (Wildman–Crippen MR) is 123 cm³/mol. The summed E-state index contributed by atoms with van der Waals surface area (Å²) >= 11 is 10.7. The summed E-state index contributed by atoms with van der Waals surface area (Å²) < 4.78 is 2.37. The third-order valence-corrected chi connectivity index (χ3v) is 6.29. The molecule has 0 unspecified atom stereocenters. The molecular weight excluding hydrogens is 490 g/mol. The van der Waals surface area contributed by atoms with Crippen LogP contribution in [0.15, 0.2) is 63.1 Å². The molecule has 2 aromatic carbocycles. The molecule has 0 atom stereocenters. The molecular formula is C20H15BrClN5O2S. The minimum Gasteiger partial charge on any atom is -0.325 e. The molecule has 2 aromatic heterocycles. The second-order valence-electron chi connectivity index (χ2n) is 6.39. The molecule has 0 saturated carbocycles. The Morgan fingerprint density at radius 2 is 2.03 bits per heavy atom. The molecule has 10 heteroatoms. The Kier molecular flexibility index (Phi) is 5.94. The summed E-state index contributed by atoms with van der Waals surface area (Å²) in [4.78, 5) is 30.1. The first-order valence-corrected chi connectivity index (χ1v) is 11.0. The van der Waals surface area contributed by atoms with Crippen LogP contribution in [0.25, 0.3) is 16.7 Å². The number of carbonyl (C=O) groups excluding carboxylic acids is 1. The minimum atomic E-state index is -0.260. The number of H-pyrrole nitrogens is 1. The van der Waals surface area contributed by atoms with E-state index in [1.54, 1.807) is 30.3 Å². The minimum absolute atomic E-state index is 0.0641. The quantitative estimate of drug-likeness (QED) is 0.307. The molecule has 2 N–H and O–H groups in total. The number of nitrogens with one attached hydrogen (secondary N) is 2. The van der Waals surface area contributed by atoms with Gasteiger partial charge in [0.2, 0.25) is 5.91 Å². The van der Waals surface area contributed by atoms with Crippen LogP contribution >= 0.6 is 39.3 Å². The molecule has 1 amide bonds. The van der Waals surface area contributed by atoms with Crippen LogP contribution in [0.2, 0.25) is 5.02 Å². The molecule has 0 radical (unpaired) electrons. The Labute approximate surface area is 189 Å². The van der Waals surface area contributed by atoms with Gasteiger partial charge in [0.25, 0.3) is 5.56 Å². The smallest absolute Gasteiger partial charge is 0.269 e. The molecule has 0 aliphatic heterocycles. The molecule has 0 spiro atoms. The zero-order valence-corrected chi connectivity index (χ0v) is 18.8. The second kappa shape index (κ2) is 8.63. The molecule has 4 rings (SSSR count). The maximum Gasteiger partial charge on any atom is 0.269 e. The number of benzene rings is 2. The Bertz CT molecular complexity index is 1300. The molecule has 4 aromatic rings. The molecule has 7 nitrogen and oxygen atoms in total. The summed E-state index contributed by atoms with van der Waals surface area (Å²) in [6.45, 7) is 1.84. The van der Waals surface area contributed by atoms with Crippen molar-refractivity contribution in [2.45, 2.75) is 12.1 Å². The average molecular weight is 505 g/mol. The van der Waals surface area contributed by atoms with E-state index < -0.39 is 0 Å². The van der Waals surface area contributed by atoms with Crippen LogP contribution in [-0.4, -0.2) is 31.4 Å². The number of nitrogens with zero attached hydrogens (tertiary/aromatic N) is 3. The number of rotatable bonds is 5. The van der Waals surface area contributed by atoms with Crippen molar-refractivity contribution < 1.29 is 4.79 Å². The van der Waals surface area contributed by atoms with E-state index >= 15 is 0 Å². The van der Waals surface area contributed by atoms with E-state index in [2.05, 4.69) is 36.4 Å². The highest BCUT2D eigenvalue weighted by Gasteiger charge is 2.16. The summed E-state index contributed by atoms with van der Waals surface area (Å²) in [6, 6.07) is 12.6. The van der Waals surface area contributed by atoms with Gasteiger partial charge in [-0.2, -0.15) is 5.10 Å². The standard InChI is InChI=1S/C20H15BrClN5O2S/c1-11-15(22)3-2-4-16(11)24-17(28)10-30-20-25-18-14(9-23-26-18)19(29)27(20)13-7-5-12(21)6-8-13/h2-9H,10H2,1H3,(H,23,26)(H,24,28). The predicted octanol–water partition coefficient (Wildman–Crippen LogP) is 4.56. The zero-order valence-electron chi connectivity index (χ0n) is 15.6. The first kappa shape index (κ1) is 20.6. The topological polar surface area (TPSA) is 92.7 Å². The summed E-state index contributed by atoms with van der Waals surface area (Å²) in [5.74, 6) is -0.166. The molecule has 0 bridgehead atoms. The van der Waals surface area contributed by atoms with Crippen LogP contribution in [0.3, 0.4) is 0 Å². The van der Waals surface area contributed by atoms with E-state index in [0.717, 1.165) is 21.8 Å². The number of carbonyl (C=O) groups is 1. The first-order valence-electron chi connectivity index (χ1n) is 8.84. The van der Waals surface area contributed by atoms with Crippen molar-refractivity contribution in [3.8, 4) is 5.69 Å². The molecule has 0 aliphatic carbocycles. The lowest BCUT2D eigenvalue weighted by atomic mass is 10.2. The summed E-state index contributed by atoms with van der Waals surface area (Å²) in [7, 11) is 0. The van der Waals surface area contributed by atoms with Crippen LogP contribution in [0.1, 0.15) is 5.56 Å². The average Bonchev–Trinajstić information content (AvgIpc) is 3.20. The molecule has 0 aliphatic rings. The number of thioether (sulfide) groups is 1. The first-order chi connectivity index (χ1) is 14.4. The second-order valence-corrected chi connectivity index (χ2v) is 8.66. The maximum atomic E-state index is 13.0. The Morgan fingerprint density at radius 3 is 2.80 bits per heavy atom. The Hall–Kier alpha value is -2.62. The van der Waals surface area contributed by atoms with E-state index in [-0.39, 0.29) is 17.2 Å². The zero-order chi connectivity index (χ0) is 21.3. The summed E-state index contributed by atoms with van der Waals surface area (Å²) in [6.07, 6.45) is 1.45. The van der Waals surface area contributed by atoms with Crippen molar-refractivity contribution in [1.29, 1.82) is 0 Å². The van der Waals surface area contributed by atoms with Crippen LogP contribution in [0.4, 0.5) is 5.69 Å². The highest BCUT2D eigenvalue weighted by Crippen LogP contribution is 2.25. The third kappa shape index (κ3) is 4.14. The van der Waals surface area contributed by atoms with Gasteiger partial charge >= 0.3 is 0 Å². The molecule has 0 saturated heterocycles. The van der Waals surface area contributed by atoms with Crippen molar-refractivity contribution in [1.82, 2.24) is 19.7 Å². The lowest BCUT2D eigenvalue weighted by Gasteiger charge is -2.13. The maximum absolute atomic E-state index is 13.0. The van der Waals surface area contributed by atoms with Gasteiger partial charge in [-0.25, -0.2) is 4.98 Å². The van der Waals surface area contributed by atoms with Gasteiger partial charge in [0.1, 0.15) is 5.39 Å². The fraction of sp³-hybridized carbons (Fsp3) is 0.100. The van der Waals surface area contributed by atoms with E-state index in [0.29, 0.717) is 32.6 Å². The fourth-order valence-corrected chi connectivity index (χ4v) is 4.09. The van der Waals surface area contributed by atoms with E-state index in [4.69, 9.17) is 11.6 Å². The Balaban J connectivity index is 1.64. The van der Waals surface area contributed by atoms with Crippen molar-refractivity contribution in [2.24, 2.45) is 0 Å². The van der Waals surface area contributed by atoms with Crippen LogP contribution in [-0.2, 0) is 4.79 Å². The molecule has 2 heterocycles. The van der Waals surface area contributed by atoms with E-state index in [1.165, 1.54) is 10.8 Å². The SMILES string of the molecule is Cc1c(Cl)cccc1NC(=O)CSc1nc2[nH]ncc2c(=O)n1-c1ccc(Br)cc1. The monoisotopic (exact) mass is 503 g/mol. The summed E-state index contributed by atoms with van der Waals surface area (Å²) in [5.41, 5.74) is 2.20. The van der Waals surface area contributed by atoms with Gasteiger partial charge in [-0.1, -0.05) is 45.4 Å². The number of aromatic amines is 1. The highest BCUT2D eigenvalue weighted by atomic mass is 79.9. The number of aromatic nitrogens is 4. The Morgan fingerprint density at radius 1 is 1.27 bits per heavy atom. The van der Waals surface area contributed by atoms with Crippen molar-refractivity contribution >= 4 is 61.9 Å². The van der Waals surface area contributed by atoms with Crippen molar-refractivity contribution in [3.63, 3.8) is 0 Å². The lowest BCUT2D eigenvalue weighted by Crippen LogP contribution is -2.22. The van der Waals surface area contributed by atoms with Crippen LogP contribution in [0.5, 0.6) is 0 Å². The van der Waals surface area contributed by atoms with Gasteiger partial charge in [0.15, 0.2) is 10.8 Å². The van der Waals surface area contributed by atoms with Crippen molar-refractivity contribution in [3.05, 3.63) is 74.1 Å². The van der Waals surface area contributed by atoms with E-state index in [1.807, 2.05) is 19.1 Å². The van der Waals surface area contributed by atoms with Gasteiger partial charge in [-0.15, -0.1) is 0 Å². The lowest BCUT2D eigenvalue weighted by molar-refractivity contribution is -0.113. The number of anilines is 1. The number of halogens is 2. The van der Waals surface area contributed by atoms with Gasteiger partial charge in [0.05, 0.1) is 17.6 Å². The van der Waals surface area contributed by atoms with Crippen molar-refractivity contribution in [2.75, 3.05) is 11.1 Å². The number of hydrogen-bond acceptors (Lipinski definition) is 5. The highest BCUT2D eigenvalue weighted by molar-refractivity contribution is 9.10. The van der Waals surface area contributed by atoms with Gasteiger partial charge < -0.3 is 5.32 Å². The normalized spacial score (nSPS) is 11.0. The number of fused-ring (bicyclic) bond motifs is 1. The summed E-state index contributed by atoms with van der Waals surface area (Å²) in [5, 5.41) is 10.8. The van der Waals surface area contributed by atoms with Gasteiger partial charge in [-0.05, 0) is 48.9 Å².